The summed E-state index contributed by atoms with van der Waals surface area (Å²) in [5.74, 6) is 1.29. The molecule has 0 radical (unpaired) electrons. The van der Waals surface area contributed by atoms with Gasteiger partial charge in [-0.05, 0) is 20.8 Å². The van der Waals surface area contributed by atoms with Gasteiger partial charge < -0.3 is 15.8 Å². The monoisotopic (exact) mass is 208 g/mol. The summed E-state index contributed by atoms with van der Waals surface area (Å²) in [6, 6.07) is 0. The number of rotatable bonds is 4. The van der Waals surface area contributed by atoms with E-state index >= 15 is 0 Å². The topological polar surface area (TPSA) is 81.9 Å². The van der Waals surface area contributed by atoms with Crippen LogP contribution >= 0.6 is 0 Å². The summed E-state index contributed by atoms with van der Waals surface area (Å²) in [5.41, 5.74) is 1.46. The summed E-state index contributed by atoms with van der Waals surface area (Å²) in [6.07, 6.45) is 0. The lowest BCUT2D eigenvalue weighted by molar-refractivity contribution is 0.357. The zero-order valence-corrected chi connectivity index (χ0v) is 9.26. The molecular formula is C10H16N4O. The number of anilines is 1. The predicted octanol–water partition coefficient (Wildman–Crippen LogP) is 0.885. The molecular weight excluding hydrogens is 192 g/mol. The lowest BCUT2D eigenvalue weighted by atomic mass is 10.1. The van der Waals surface area contributed by atoms with E-state index in [-0.39, 0.29) is 12.3 Å². The van der Waals surface area contributed by atoms with Crippen molar-refractivity contribution in [2.75, 3.05) is 18.5 Å². The Labute approximate surface area is 89.1 Å². The Morgan fingerprint density at radius 2 is 2.07 bits per heavy atom. The summed E-state index contributed by atoms with van der Waals surface area (Å²) < 4.78 is 0. The number of aliphatic hydroxyl groups is 1. The molecule has 82 valence electrons. The van der Waals surface area contributed by atoms with Crippen LogP contribution in [-0.2, 0) is 0 Å². The van der Waals surface area contributed by atoms with Crippen LogP contribution in [0.4, 0.5) is 5.82 Å². The van der Waals surface area contributed by atoms with Crippen molar-refractivity contribution in [1.82, 2.24) is 9.97 Å². The van der Waals surface area contributed by atoms with Gasteiger partial charge in [0.05, 0.1) is 23.6 Å². The highest BCUT2D eigenvalue weighted by Crippen LogP contribution is 2.16. The maximum Gasteiger partial charge on any atom is 0.139 e. The maximum absolute atomic E-state index is 8.97. The zero-order chi connectivity index (χ0) is 11.4. The Morgan fingerprint density at radius 1 is 1.40 bits per heavy atom. The number of aliphatic hydroxyl groups excluding tert-OH is 1. The molecule has 5 nitrogen and oxygen atoms in total. The smallest absolute Gasteiger partial charge is 0.139 e. The molecule has 1 aromatic heterocycles. The van der Waals surface area contributed by atoms with Gasteiger partial charge in [-0.25, -0.2) is 9.97 Å². The average Bonchev–Trinajstić information content (AvgIpc) is 2.16. The van der Waals surface area contributed by atoms with E-state index in [2.05, 4.69) is 15.3 Å². The molecule has 1 rings (SSSR count). The first-order valence-electron chi connectivity index (χ1n) is 4.87. The second kappa shape index (κ2) is 4.84. The first-order valence-corrected chi connectivity index (χ1v) is 4.87. The molecule has 0 aliphatic carbocycles. The van der Waals surface area contributed by atoms with Crippen molar-refractivity contribution in [3.63, 3.8) is 0 Å². The number of hydrogen-bond donors (Lipinski definition) is 3. The van der Waals surface area contributed by atoms with Gasteiger partial charge >= 0.3 is 0 Å². The van der Waals surface area contributed by atoms with Crippen LogP contribution in [-0.4, -0.2) is 33.9 Å². The van der Waals surface area contributed by atoms with Gasteiger partial charge in [0.1, 0.15) is 11.6 Å². The predicted molar refractivity (Wildman–Crippen MR) is 59.6 cm³/mol. The van der Waals surface area contributed by atoms with Crippen molar-refractivity contribution in [3.8, 4) is 0 Å². The van der Waals surface area contributed by atoms with Crippen molar-refractivity contribution in [2.45, 2.75) is 20.8 Å². The average molecular weight is 208 g/mol. The van der Waals surface area contributed by atoms with Crippen LogP contribution in [0.5, 0.6) is 0 Å². The van der Waals surface area contributed by atoms with Crippen LogP contribution in [0.1, 0.15) is 24.0 Å². The molecule has 0 unspecified atom stereocenters. The summed E-state index contributed by atoms with van der Waals surface area (Å²) >= 11 is 0. The highest BCUT2D eigenvalue weighted by Gasteiger charge is 2.13. The number of hydrogen-bond acceptors (Lipinski definition) is 5. The molecule has 0 spiro atoms. The van der Waals surface area contributed by atoms with Crippen LogP contribution in [0.25, 0.3) is 0 Å². The molecule has 0 atom stereocenters. The molecule has 15 heavy (non-hydrogen) atoms. The zero-order valence-electron chi connectivity index (χ0n) is 9.26. The molecule has 0 saturated heterocycles. The van der Waals surface area contributed by atoms with Crippen LogP contribution in [0, 0.1) is 19.3 Å². The molecule has 0 fully saturated rings. The van der Waals surface area contributed by atoms with E-state index in [1.807, 2.05) is 13.8 Å². The number of nitrogens with one attached hydrogen (secondary N) is 2. The molecule has 0 bridgehead atoms. The fourth-order valence-corrected chi connectivity index (χ4v) is 1.45. The van der Waals surface area contributed by atoms with E-state index in [4.69, 9.17) is 10.5 Å². The standard InChI is InChI=1S/C10H16N4O/c1-4-12-10-9(8(11)5-15)6(2)13-7(3)14-10/h11,15H,4-5H2,1-3H3,(H,12,13,14). The van der Waals surface area contributed by atoms with E-state index in [9.17, 15) is 0 Å². The summed E-state index contributed by atoms with van der Waals surface area (Å²) in [5, 5.41) is 19.7. The second-order valence-electron chi connectivity index (χ2n) is 3.25. The van der Waals surface area contributed by atoms with Crippen LogP contribution < -0.4 is 5.32 Å². The molecule has 0 saturated carbocycles. The molecule has 0 amide bonds. The Bertz CT molecular complexity index is 376. The van der Waals surface area contributed by atoms with Crippen molar-refractivity contribution in [2.24, 2.45) is 0 Å². The Balaban J connectivity index is 3.26. The molecule has 1 heterocycles. The second-order valence-corrected chi connectivity index (χ2v) is 3.25. The first-order chi connectivity index (χ1) is 7.10. The van der Waals surface area contributed by atoms with Crippen molar-refractivity contribution >= 4 is 11.5 Å². The van der Waals surface area contributed by atoms with Crippen molar-refractivity contribution in [3.05, 3.63) is 17.1 Å². The third kappa shape index (κ3) is 2.50. The Kier molecular flexibility index (Phi) is 3.74. The SMILES string of the molecule is CCNc1nc(C)nc(C)c1C(=N)CO. The summed E-state index contributed by atoms with van der Waals surface area (Å²) in [6.45, 7) is 6.00. The largest absolute Gasteiger partial charge is 0.390 e. The van der Waals surface area contributed by atoms with E-state index in [1.165, 1.54) is 0 Å². The van der Waals surface area contributed by atoms with Gasteiger partial charge in [-0.15, -0.1) is 0 Å². The lowest BCUT2D eigenvalue weighted by Crippen LogP contribution is -2.15. The lowest BCUT2D eigenvalue weighted by Gasteiger charge is -2.12. The van der Waals surface area contributed by atoms with Gasteiger partial charge in [-0.1, -0.05) is 0 Å². The quantitative estimate of drug-likeness (QED) is 0.642. The number of aryl methyl sites for hydroxylation is 2. The molecule has 0 aliphatic rings. The number of aromatic nitrogens is 2. The summed E-state index contributed by atoms with van der Waals surface area (Å²) in [7, 11) is 0. The van der Waals surface area contributed by atoms with Crippen LogP contribution in [0.15, 0.2) is 0 Å². The minimum absolute atomic E-state index is 0.142. The minimum atomic E-state index is -0.300. The first kappa shape index (κ1) is 11.6. The molecule has 3 N–H and O–H groups in total. The summed E-state index contributed by atoms with van der Waals surface area (Å²) in [4.78, 5) is 8.40. The van der Waals surface area contributed by atoms with E-state index < -0.39 is 0 Å². The fraction of sp³-hybridized carbons (Fsp3) is 0.500. The molecule has 1 aromatic rings. The van der Waals surface area contributed by atoms with Gasteiger partial charge in [-0.3, -0.25) is 0 Å². The van der Waals surface area contributed by atoms with Gasteiger partial charge in [0, 0.05) is 6.54 Å². The van der Waals surface area contributed by atoms with Crippen LogP contribution in [0.2, 0.25) is 0 Å². The van der Waals surface area contributed by atoms with Crippen molar-refractivity contribution in [1.29, 1.82) is 5.41 Å². The maximum atomic E-state index is 8.97. The molecule has 5 heteroatoms. The minimum Gasteiger partial charge on any atom is -0.390 e. The van der Waals surface area contributed by atoms with Gasteiger partial charge in [-0.2, -0.15) is 0 Å². The highest BCUT2D eigenvalue weighted by atomic mass is 16.3. The van der Waals surface area contributed by atoms with E-state index in [0.717, 1.165) is 12.2 Å². The highest BCUT2D eigenvalue weighted by molar-refractivity contribution is 6.03. The number of nitrogens with zero attached hydrogens (tertiary/aromatic N) is 2. The Morgan fingerprint density at radius 3 is 2.60 bits per heavy atom. The van der Waals surface area contributed by atoms with Gasteiger partial charge in [0.15, 0.2) is 0 Å². The van der Waals surface area contributed by atoms with Gasteiger partial charge in [0.2, 0.25) is 0 Å². The molecule has 0 aromatic carbocycles. The normalized spacial score (nSPS) is 10.1. The third-order valence-electron chi connectivity index (χ3n) is 2.01. The van der Waals surface area contributed by atoms with Crippen LogP contribution in [0.3, 0.4) is 0 Å². The van der Waals surface area contributed by atoms with Gasteiger partial charge in [0.25, 0.3) is 0 Å². The Hall–Kier alpha value is -1.49. The van der Waals surface area contributed by atoms with E-state index in [1.54, 1.807) is 6.92 Å². The van der Waals surface area contributed by atoms with Crippen molar-refractivity contribution < 1.29 is 5.11 Å². The fourth-order valence-electron chi connectivity index (χ4n) is 1.45. The third-order valence-corrected chi connectivity index (χ3v) is 2.01. The van der Waals surface area contributed by atoms with E-state index in [0.29, 0.717) is 17.2 Å². The molecule has 0 aliphatic heterocycles.